The van der Waals surface area contributed by atoms with Crippen molar-refractivity contribution in [3.8, 4) is 12.0 Å². The van der Waals surface area contributed by atoms with Gasteiger partial charge in [-0.1, -0.05) is 61.7 Å². The number of anilines is 2. The number of likely N-dealkylation sites (tertiary alicyclic amines) is 2. The molecule has 2 N–H and O–H groups in total. The molecule has 2 aliphatic carbocycles. The van der Waals surface area contributed by atoms with Crippen molar-refractivity contribution < 1.29 is 19.1 Å². The van der Waals surface area contributed by atoms with Gasteiger partial charge in [0.05, 0.1) is 17.4 Å². The number of fused-ring (bicyclic) bond motifs is 4. The monoisotopic (exact) mass is 1170 g/mol. The van der Waals surface area contributed by atoms with Crippen LogP contribution >= 0.6 is 11.6 Å². The fourth-order valence-corrected chi connectivity index (χ4v) is 14.5. The summed E-state index contributed by atoms with van der Waals surface area (Å²) in [6, 6.07) is 20.5. The summed E-state index contributed by atoms with van der Waals surface area (Å²) in [4.78, 5) is 74.6. The zero-order chi connectivity index (χ0) is 58.4. The molecule has 6 atom stereocenters. The second kappa shape index (κ2) is 26.7. The summed E-state index contributed by atoms with van der Waals surface area (Å²) in [7, 11) is 4.36. The van der Waals surface area contributed by atoms with Crippen LogP contribution in [0.2, 0.25) is 0 Å². The molecule has 14 rings (SSSR count). The van der Waals surface area contributed by atoms with Crippen LogP contribution in [0.25, 0.3) is 0 Å². The largest absolute Gasteiger partial charge is 0.462 e. The number of carbonyl (C=O) groups excluding carboxylic acids is 2. The zero-order valence-electron chi connectivity index (χ0n) is 49.5. The predicted molar refractivity (Wildman–Crippen MR) is 328 cm³/mol. The first-order valence-electron chi connectivity index (χ1n) is 30.9. The van der Waals surface area contributed by atoms with E-state index in [1.807, 2.05) is 23.5 Å². The van der Waals surface area contributed by atoms with Crippen LogP contribution in [0.1, 0.15) is 120 Å². The molecule has 6 aromatic rings. The van der Waals surface area contributed by atoms with Crippen LogP contribution < -0.4 is 19.3 Å². The molecule has 0 saturated carbocycles. The van der Waals surface area contributed by atoms with E-state index >= 15 is 0 Å². The highest BCUT2D eigenvalue weighted by Crippen LogP contribution is 2.44. The minimum atomic E-state index is -0.509. The molecule has 448 valence electrons. The van der Waals surface area contributed by atoms with E-state index in [9.17, 15) is 9.59 Å². The molecular formula is C65H82ClN15O4. The molecule has 1 amide bonds. The van der Waals surface area contributed by atoms with E-state index in [1.165, 1.54) is 78.0 Å². The van der Waals surface area contributed by atoms with Gasteiger partial charge >= 0.3 is 12.0 Å². The average Bonchev–Trinajstić information content (AvgIpc) is 4.34. The Bertz CT molecular complexity index is 3290. The molecule has 0 spiro atoms. The molecule has 20 heteroatoms. The Balaban J connectivity index is 0.000000155. The number of hydrogen-bond acceptors (Lipinski definition) is 16. The number of piperidine rings is 1. The molecule has 19 nitrogen and oxygen atoms in total. The second-order valence-electron chi connectivity index (χ2n) is 24.3. The smallest absolute Gasteiger partial charge is 0.318 e. The van der Waals surface area contributed by atoms with Gasteiger partial charge in [-0.05, 0) is 143 Å². The molecule has 0 bridgehead atoms. The van der Waals surface area contributed by atoms with Crippen LogP contribution in [0.5, 0.6) is 12.0 Å². The Morgan fingerprint density at radius 2 is 1.13 bits per heavy atom. The quantitative estimate of drug-likeness (QED) is 0.0698. The highest BCUT2D eigenvalue weighted by atomic mass is 35.5. The van der Waals surface area contributed by atoms with Crippen LogP contribution in [0.4, 0.5) is 11.6 Å². The molecule has 2 unspecified atom stereocenters. The van der Waals surface area contributed by atoms with Crippen molar-refractivity contribution in [3.63, 3.8) is 0 Å². The van der Waals surface area contributed by atoms with Gasteiger partial charge in [0, 0.05) is 132 Å². The van der Waals surface area contributed by atoms with E-state index in [1.54, 1.807) is 6.20 Å². The van der Waals surface area contributed by atoms with Gasteiger partial charge in [0.25, 0.3) is 0 Å². The maximum Gasteiger partial charge on any atom is 0.318 e. The molecule has 4 saturated heterocycles. The first-order chi connectivity index (χ1) is 41.5. The summed E-state index contributed by atoms with van der Waals surface area (Å²) in [5.41, 5.74) is 10.6. The number of piperazine rings is 1. The van der Waals surface area contributed by atoms with Crippen molar-refractivity contribution in [2.45, 2.75) is 133 Å². The summed E-state index contributed by atoms with van der Waals surface area (Å²) in [5.74, 6) is 4.51. The number of benzene rings is 2. The molecule has 10 heterocycles. The van der Waals surface area contributed by atoms with Crippen molar-refractivity contribution in [1.82, 2.24) is 64.4 Å². The van der Waals surface area contributed by atoms with E-state index in [0.29, 0.717) is 81.4 Å². The molecule has 6 aliphatic heterocycles. The highest BCUT2D eigenvalue weighted by molar-refractivity contribution is 6.66. The third kappa shape index (κ3) is 13.4. The lowest BCUT2D eigenvalue weighted by atomic mass is 9.94. The van der Waals surface area contributed by atoms with E-state index in [0.717, 1.165) is 125 Å². The molecule has 4 fully saturated rings. The minimum Gasteiger partial charge on any atom is -0.462 e. The van der Waals surface area contributed by atoms with Crippen molar-refractivity contribution in [1.29, 1.82) is 0 Å². The number of imidazole rings is 2. The van der Waals surface area contributed by atoms with E-state index in [2.05, 4.69) is 125 Å². The molecule has 0 radical (unpaired) electrons. The topological polar surface area (TPSA) is 184 Å². The van der Waals surface area contributed by atoms with E-state index in [4.69, 9.17) is 41.0 Å². The van der Waals surface area contributed by atoms with Crippen molar-refractivity contribution in [2.24, 2.45) is 5.92 Å². The number of ether oxygens (including phenoxy) is 2. The standard InChI is InChI=1S/C32H40N8O2.C30H39N7O.C3H3ClO/c1-3-30(41)40-16-15-38(18-24(40)17-29-33-12-13-34-29)31-26-19-39(28-11-10-22-7-4-5-9-25(22)28)20-27(26)35-32(36-31)42-21-23-8-6-14-37(23)2;1-35-14-5-8-23(35)20-38-30-33-26-19-37(27-11-10-22-7-2-3-9-24(22)27)18-25(26)29(34-30)36-15-4-6-21(17-36)16-28-31-12-13-32-28;1-2-3(4)5/h3-5,7,9,12-13,23-24,28H,1,6,8,10-11,14-21H2,2H3,(H,33,34);2-3,7,9,12-13,21,23,27H,4-6,8,10-11,14-20H2,1H3,(H,31,32);2H,1H2/t23-,24-,28?;21-,23-,27?;/m00./s1. The number of likely N-dealkylation sites (N-methyl/N-ethyl adjacent to an activating group) is 2. The maximum atomic E-state index is 12.8. The fraction of sp³-hybridized carbons (Fsp3) is 0.508. The zero-order valence-corrected chi connectivity index (χ0v) is 50.2. The number of aryl methyl sites for hydroxylation is 2. The van der Waals surface area contributed by atoms with Crippen LogP contribution in [0.15, 0.2) is 98.6 Å². The summed E-state index contributed by atoms with van der Waals surface area (Å²) >= 11 is 4.71. The summed E-state index contributed by atoms with van der Waals surface area (Å²) in [6.45, 7) is 17.7. The third-order valence-electron chi connectivity index (χ3n) is 19.0. The minimum absolute atomic E-state index is 0.0464. The van der Waals surface area contributed by atoms with Gasteiger partial charge in [-0.15, -0.1) is 0 Å². The number of rotatable bonds is 16. The normalized spacial score (nSPS) is 23.8. The van der Waals surface area contributed by atoms with Gasteiger partial charge < -0.3 is 43.9 Å². The number of aromatic nitrogens is 8. The number of allylic oxidation sites excluding steroid dienone is 1. The van der Waals surface area contributed by atoms with Gasteiger partial charge in [-0.3, -0.25) is 19.4 Å². The molecular weight excluding hydrogens is 1090 g/mol. The van der Waals surface area contributed by atoms with Gasteiger partial charge in [-0.25, -0.2) is 9.97 Å². The Hall–Kier alpha value is -7.03. The van der Waals surface area contributed by atoms with Crippen LogP contribution in [-0.4, -0.2) is 167 Å². The number of nitrogens with zero attached hydrogens (tertiary/aromatic N) is 13. The lowest BCUT2D eigenvalue weighted by Gasteiger charge is -2.42. The lowest BCUT2D eigenvalue weighted by molar-refractivity contribution is -0.128. The first-order valence-corrected chi connectivity index (χ1v) is 31.2. The number of halogens is 1. The van der Waals surface area contributed by atoms with Gasteiger partial charge in [0.2, 0.25) is 11.1 Å². The molecule has 2 aromatic carbocycles. The Morgan fingerprint density at radius 1 is 0.612 bits per heavy atom. The van der Waals surface area contributed by atoms with E-state index in [-0.39, 0.29) is 11.9 Å². The number of H-pyrrole nitrogens is 2. The predicted octanol–water partition coefficient (Wildman–Crippen LogP) is 8.19. The fourth-order valence-electron chi connectivity index (χ4n) is 14.5. The van der Waals surface area contributed by atoms with E-state index < -0.39 is 5.24 Å². The lowest BCUT2D eigenvalue weighted by Crippen LogP contribution is -2.56. The summed E-state index contributed by atoms with van der Waals surface area (Å²) in [5, 5.41) is -0.509. The SMILES string of the molecule is C=CC(=O)Cl.C=CC(=O)N1CCN(c2nc(OC[C@@H]3CCCN3C)nc3c2CN(C2CCc4ccccc42)C3)C[C@@H]1Cc1ncc[nH]1.CN1CCC[C@H]1COc1nc2c(c(N3CCC[C@@H](Cc4ncc[nH]4)C3)n1)CN(C1CCc3ccccc31)C2. The second-order valence-corrected chi connectivity index (χ2v) is 24.7. The van der Waals surface area contributed by atoms with Gasteiger partial charge in [0.15, 0.2) is 0 Å². The number of hydrogen-bond donors (Lipinski definition) is 2. The maximum absolute atomic E-state index is 12.8. The first kappa shape index (κ1) is 58.4. The number of nitrogens with one attached hydrogen (secondary N) is 2. The number of carbonyl (C=O) groups is 2. The Morgan fingerprint density at radius 3 is 1.62 bits per heavy atom. The van der Waals surface area contributed by atoms with Crippen LogP contribution in [-0.2, 0) is 61.5 Å². The average molecular weight is 1170 g/mol. The molecule has 8 aliphatic rings. The summed E-state index contributed by atoms with van der Waals surface area (Å²) in [6.07, 6.45) is 23.2. The van der Waals surface area contributed by atoms with Crippen molar-refractivity contribution in [2.75, 3.05) is 82.9 Å². The Labute approximate surface area is 504 Å². The summed E-state index contributed by atoms with van der Waals surface area (Å²) < 4.78 is 12.6. The highest BCUT2D eigenvalue weighted by Gasteiger charge is 2.40. The van der Waals surface area contributed by atoms with Gasteiger partial charge in [-0.2, -0.15) is 19.9 Å². The third-order valence-corrected chi connectivity index (χ3v) is 19.2. The van der Waals surface area contributed by atoms with Gasteiger partial charge in [0.1, 0.15) is 36.5 Å². The van der Waals surface area contributed by atoms with Crippen molar-refractivity contribution in [3.05, 3.63) is 155 Å². The van der Waals surface area contributed by atoms with Crippen LogP contribution in [0.3, 0.4) is 0 Å². The van der Waals surface area contributed by atoms with Crippen LogP contribution in [0, 0.1) is 5.92 Å². The number of amides is 1. The number of aromatic amines is 2. The molecule has 85 heavy (non-hydrogen) atoms. The van der Waals surface area contributed by atoms with Crippen molar-refractivity contribution >= 4 is 34.4 Å². The Kier molecular flexibility index (Phi) is 18.3. The molecule has 4 aromatic heterocycles.